The molecule has 1 aliphatic heterocycles. The van der Waals surface area contributed by atoms with Crippen molar-refractivity contribution in [3.63, 3.8) is 0 Å². The molecule has 13 atom stereocenters. The van der Waals surface area contributed by atoms with Crippen molar-refractivity contribution in [3.8, 4) is 5.75 Å². The van der Waals surface area contributed by atoms with Crippen LogP contribution in [0.25, 0.3) is 21.8 Å². The first-order chi connectivity index (χ1) is 52.6. The van der Waals surface area contributed by atoms with Gasteiger partial charge in [0.1, 0.15) is 72.2 Å². The number of H-pyrrole nitrogens is 2. The van der Waals surface area contributed by atoms with Crippen molar-refractivity contribution >= 4 is 142 Å². The fourth-order valence-corrected chi connectivity index (χ4v) is 12.6. The number of amides is 12. The van der Waals surface area contributed by atoms with Crippen LogP contribution in [0.1, 0.15) is 95.2 Å². The lowest BCUT2D eigenvalue weighted by molar-refractivity contribution is -0.145. The van der Waals surface area contributed by atoms with Crippen molar-refractivity contribution in [2.45, 2.75) is 176 Å². The van der Waals surface area contributed by atoms with Gasteiger partial charge in [-0.1, -0.05) is 62.4 Å². The Balaban J connectivity index is 1.31. The number of primary amides is 1. The molecule has 12 amide bonds. The van der Waals surface area contributed by atoms with E-state index in [1.165, 1.54) is 24.3 Å². The van der Waals surface area contributed by atoms with Gasteiger partial charge in [0, 0.05) is 84.5 Å². The Morgan fingerprint density at radius 1 is 0.550 bits per heavy atom. The molecular weight excluding hydrogens is 1490 g/mol. The zero-order valence-electron chi connectivity index (χ0n) is 60.9. The normalized spacial score (nSPS) is 15.9. The Hall–Kier alpha value is -11.5. The molecule has 602 valence electrons. The fourth-order valence-electron chi connectivity index (χ4n) is 12.2. The molecule has 0 unspecified atom stereocenters. The van der Waals surface area contributed by atoms with Crippen LogP contribution in [0.3, 0.4) is 0 Å². The van der Waals surface area contributed by atoms with Crippen LogP contribution in [-0.4, -0.2) is 238 Å². The highest BCUT2D eigenvalue weighted by atomic mass is 32.1. The maximum Gasteiger partial charge on any atom is 0.327 e. The predicted molar refractivity (Wildman–Crippen MR) is 406 cm³/mol. The number of guanidine groups is 1. The maximum absolute atomic E-state index is 15.2. The third kappa shape index (κ3) is 26.9. The number of aliphatic carboxylic acids is 3. The molecule has 6 rings (SSSR count). The van der Waals surface area contributed by atoms with E-state index < -0.39 is 205 Å². The smallest absolute Gasteiger partial charge is 0.327 e. The number of phenolic OH excluding ortho intramolecular Hbond substituents is 1. The summed E-state index contributed by atoms with van der Waals surface area (Å²) < 4.78 is 0. The summed E-state index contributed by atoms with van der Waals surface area (Å²) in [7, 11) is 0. The highest BCUT2D eigenvalue weighted by Gasteiger charge is 2.43. The van der Waals surface area contributed by atoms with Crippen LogP contribution < -0.4 is 75.7 Å². The van der Waals surface area contributed by atoms with E-state index in [1.54, 1.807) is 74.8 Å². The molecule has 5 aromatic rings. The number of thiol groups is 2. The highest BCUT2D eigenvalue weighted by molar-refractivity contribution is 7.80. The van der Waals surface area contributed by atoms with E-state index in [0.717, 1.165) is 11.8 Å². The Bertz CT molecular complexity index is 4200. The molecule has 0 saturated carbocycles. The molecule has 1 fully saturated rings. The van der Waals surface area contributed by atoms with E-state index in [-0.39, 0.29) is 81.7 Å². The number of aliphatic hydroxyl groups is 1. The van der Waals surface area contributed by atoms with Crippen molar-refractivity contribution < 1.29 is 97.5 Å². The lowest BCUT2D eigenvalue weighted by Gasteiger charge is -2.32. The number of aromatic hydroxyl groups is 1. The Kier molecular flexibility index (Phi) is 33.8. The highest BCUT2D eigenvalue weighted by Crippen LogP contribution is 2.24. The number of fused-ring (bicyclic) bond motifs is 2. The second kappa shape index (κ2) is 42.4. The summed E-state index contributed by atoms with van der Waals surface area (Å²) in [5.74, 6) is -18.9. The van der Waals surface area contributed by atoms with E-state index in [2.05, 4.69) is 93.7 Å². The van der Waals surface area contributed by atoms with Gasteiger partial charge in [0.15, 0.2) is 5.96 Å². The average molecular weight is 1590 g/mol. The molecule has 0 radical (unpaired) electrons. The number of carbonyl (C=O) groups is 15. The van der Waals surface area contributed by atoms with Gasteiger partial charge < -0.3 is 116 Å². The number of phenols is 1. The van der Waals surface area contributed by atoms with Crippen molar-refractivity contribution in [2.75, 3.05) is 24.6 Å². The van der Waals surface area contributed by atoms with Gasteiger partial charge in [-0.3, -0.25) is 72.5 Å². The first-order valence-electron chi connectivity index (χ1n) is 35.5. The van der Waals surface area contributed by atoms with Crippen LogP contribution in [0.4, 0.5) is 0 Å². The monoisotopic (exact) mass is 1580 g/mol. The third-order valence-electron chi connectivity index (χ3n) is 18.0. The van der Waals surface area contributed by atoms with Crippen LogP contribution in [-0.2, 0) is 91.2 Å². The van der Waals surface area contributed by atoms with Crippen LogP contribution in [0.2, 0.25) is 0 Å². The number of nitrogens with two attached hydrogens (primary N) is 3. The molecule has 0 bridgehead atoms. The largest absolute Gasteiger partial charge is 0.508 e. The summed E-state index contributed by atoms with van der Waals surface area (Å²) in [4.78, 5) is 214. The van der Waals surface area contributed by atoms with Gasteiger partial charge in [-0.15, -0.1) is 0 Å². The summed E-state index contributed by atoms with van der Waals surface area (Å²) >= 11 is 7.94. The van der Waals surface area contributed by atoms with Crippen molar-refractivity contribution in [2.24, 2.45) is 23.1 Å². The van der Waals surface area contributed by atoms with Gasteiger partial charge in [-0.2, -0.15) is 25.3 Å². The molecule has 38 nitrogen and oxygen atoms in total. The number of nitrogens with one attached hydrogen (secondary N) is 14. The Morgan fingerprint density at radius 3 is 1.47 bits per heavy atom. The van der Waals surface area contributed by atoms with E-state index >= 15 is 9.59 Å². The number of carboxylic acids is 3. The van der Waals surface area contributed by atoms with Crippen molar-refractivity contribution in [3.05, 3.63) is 102 Å². The molecule has 1 saturated heterocycles. The van der Waals surface area contributed by atoms with Gasteiger partial charge >= 0.3 is 17.9 Å². The number of nitrogens with zero attached hydrogens (tertiary/aromatic N) is 1. The average Bonchev–Trinajstić information content (AvgIpc) is 1.73. The van der Waals surface area contributed by atoms with Gasteiger partial charge in [0.05, 0.1) is 25.0 Å². The van der Waals surface area contributed by atoms with E-state index in [9.17, 15) is 87.9 Å². The SMILES string of the molecule is CC(C)C[C@H](NC(=O)[C@H](CC(=O)O)NC(=O)[C@H](CCCNC(=N)N)NC(=O)[C@H](Cc1c[nH]c2ccccc12)NC(=O)[C@H](Cc1ccc(O)cc1)NC(=O)[C@@H]1CCCN1C(=O)[C@@H](NC(=O)[C@H](CC(=O)O)NC(=O)[C@@H](N)CS)[C@@H](C)O)C(=O)N[C@@H](Cc1c[nH]c2ccccc12)C(=O)N[C@@H](CCC(N)=O)C(=O)N[C@@H](CS)C(=O)O. The number of aromatic amines is 2. The minimum atomic E-state index is -2.04. The maximum atomic E-state index is 15.2. The number of para-hydroxylation sites is 2. The summed E-state index contributed by atoms with van der Waals surface area (Å²) in [5.41, 5.74) is 19.2. The minimum Gasteiger partial charge on any atom is -0.508 e. The number of benzene rings is 3. The predicted octanol–water partition coefficient (Wildman–Crippen LogP) is -3.60. The van der Waals surface area contributed by atoms with Crippen LogP contribution in [0.15, 0.2) is 85.2 Å². The number of aromatic nitrogens is 2. The van der Waals surface area contributed by atoms with Crippen LogP contribution >= 0.6 is 25.3 Å². The number of carboxylic acid groups (broad SMARTS) is 3. The number of hydrogen-bond donors (Lipinski definition) is 24. The molecule has 0 spiro atoms. The van der Waals surface area contributed by atoms with Gasteiger partial charge in [-0.25, -0.2) is 4.79 Å². The minimum absolute atomic E-state index is 0.0382. The van der Waals surface area contributed by atoms with Gasteiger partial charge in [-0.05, 0) is 92.3 Å². The Labute approximate surface area is 646 Å². The zero-order valence-corrected chi connectivity index (χ0v) is 62.7. The number of carbonyl (C=O) groups excluding carboxylic acids is 12. The first-order valence-corrected chi connectivity index (χ1v) is 36.7. The first kappa shape index (κ1) is 88.4. The number of aliphatic hydroxyl groups excluding tert-OH is 1. The molecule has 3 heterocycles. The van der Waals surface area contributed by atoms with E-state index in [1.807, 2.05) is 0 Å². The molecule has 3 aromatic carbocycles. The van der Waals surface area contributed by atoms with Gasteiger partial charge in [0.25, 0.3) is 0 Å². The summed E-state index contributed by atoms with van der Waals surface area (Å²) in [5, 5.41) is 86.9. The molecule has 111 heavy (non-hydrogen) atoms. The lowest BCUT2D eigenvalue weighted by Crippen LogP contribution is -2.62. The summed E-state index contributed by atoms with van der Waals surface area (Å²) in [6, 6.07) is -0.553. The quantitative estimate of drug-likeness (QED) is 0.00775. The Morgan fingerprint density at radius 2 is 0.991 bits per heavy atom. The molecular formula is C71H96N18O20S2. The van der Waals surface area contributed by atoms with Crippen molar-refractivity contribution in [1.29, 1.82) is 5.41 Å². The molecule has 1 aliphatic rings. The van der Waals surface area contributed by atoms with Crippen LogP contribution in [0, 0.1) is 11.3 Å². The summed E-state index contributed by atoms with van der Waals surface area (Å²) in [6.07, 6.45) is -3.02. The molecule has 40 heteroatoms. The zero-order chi connectivity index (χ0) is 81.9. The second-order valence-electron chi connectivity index (χ2n) is 27.1. The number of likely N-dealkylation sites (tertiary alicyclic amines) is 1. The number of hydrogen-bond acceptors (Lipinski definition) is 21. The topological polar surface area (TPSA) is 626 Å². The molecule has 0 aliphatic carbocycles. The number of rotatable bonds is 44. The second-order valence-corrected chi connectivity index (χ2v) is 27.8. The van der Waals surface area contributed by atoms with Gasteiger partial charge in [0.2, 0.25) is 70.9 Å². The fraction of sp³-hybridized carbons (Fsp3) is 0.465. The van der Waals surface area contributed by atoms with E-state index in [4.69, 9.17) is 22.6 Å². The lowest BCUT2D eigenvalue weighted by atomic mass is 9.99. The van der Waals surface area contributed by atoms with Crippen LogP contribution in [0.5, 0.6) is 5.75 Å². The van der Waals surface area contributed by atoms with E-state index in [0.29, 0.717) is 38.5 Å². The van der Waals surface area contributed by atoms with Crippen molar-refractivity contribution in [1.82, 2.24) is 73.4 Å². The standard InChI is InChI=1S/C71H96N18O20S2/c1-34(2)24-47(62(100)83-50(27-38-31-78-44-13-7-5-11-41(38)44)65(103)80-46(20-21-55(73)92)61(99)87-53(33-111)70(108)109)82-66(104)51(28-56(93)94)85-60(98)45(14-8-22-76-71(74)75)79-64(102)49(26-37-30-77-43-12-6-4-10-40(37)43)84-63(101)48(25-36-16-18-39(91)19-17-36)86-68(106)54-15-9-23-89(54)69(107)58(35(3)90)88-67(105)52(29-57(95)96)81-59(97)42(72)32-110/h4-7,10-13,16-19,30-31,34-35,42,45-54,58,77-78,90-91,110-111H,8-9,14-15,20-29,32-33,72H2,1-3H3,(H2,73,92)(H,79,102)(H,80,103)(H,81,97)(H,82,104)(H,83,100)(H,84,101)(H,85,98)(H,86,106)(H,87,99)(H,88,105)(H,93,94)(H,95,96)(H,108,109)(H4,74,75,76)/t35-,42+,45+,46+,47+,48+,49+,50+,51+,52+,53+,54+,58+/m1/s1. The summed E-state index contributed by atoms with van der Waals surface area (Å²) in [6.45, 7) is 4.25. The molecule has 25 N–H and O–H groups in total. The molecule has 2 aromatic heterocycles. The third-order valence-corrected chi connectivity index (χ3v) is 18.7.